The van der Waals surface area contributed by atoms with Crippen molar-refractivity contribution in [2.75, 3.05) is 6.54 Å². The normalized spacial score (nSPS) is 12.2. The second kappa shape index (κ2) is 6.92. The van der Waals surface area contributed by atoms with Crippen molar-refractivity contribution in [3.8, 4) is 0 Å². The van der Waals surface area contributed by atoms with Gasteiger partial charge in [0.25, 0.3) is 5.91 Å². The van der Waals surface area contributed by atoms with E-state index >= 15 is 0 Å². The Morgan fingerprint density at radius 1 is 1.33 bits per heavy atom. The van der Waals surface area contributed by atoms with Gasteiger partial charge in [0.1, 0.15) is 0 Å². The van der Waals surface area contributed by atoms with Crippen molar-refractivity contribution in [3.63, 3.8) is 0 Å². The molecule has 0 saturated carbocycles. The summed E-state index contributed by atoms with van der Waals surface area (Å²) in [5.41, 5.74) is 0.738. The maximum absolute atomic E-state index is 11.3. The van der Waals surface area contributed by atoms with Crippen LogP contribution in [0.3, 0.4) is 0 Å². The van der Waals surface area contributed by atoms with E-state index in [1.807, 2.05) is 6.92 Å². The van der Waals surface area contributed by atoms with Gasteiger partial charge in [-0.25, -0.2) is 0 Å². The molecule has 0 aromatic rings. The van der Waals surface area contributed by atoms with E-state index < -0.39 is 11.7 Å². The first-order chi connectivity index (χ1) is 7.02. The summed E-state index contributed by atoms with van der Waals surface area (Å²) in [7, 11) is 0. The number of allylic oxidation sites excluding steroid dienone is 1. The molecule has 0 unspecified atom stereocenters. The highest BCUT2D eigenvalue weighted by atomic mass is 16.2. The molecule has 15 heavy (non-hydrogen) atoms. The molecule has 0 aromatic heterocycles. The molecule has 0 spiro atoms. The van der Waals surface area contributed by atoms with Crippen LogP contribution in [0.25, 0.3) is 0 Å². The molecule has 0 aromatic carbocycles. The SMILES string of the molecule is CC=N/C(=C\C)CNC(=O)C(=O)C(C)C. The van der Waals surface area contributed by atoms with E-state index in [9.17, 15) is 9.59 Å². The Labute approximate surface area is 90.5 Å². The van der Waals surface area contributed by atoms with E-state index in [0.717, 1.165) is 5.70 Å². The lowest BCUT2D eigenvalue weighted by Crippen LogP contribution is -2.34. The van der Waals surface area contributed by atoms with E-state index in [4.69, 9.17) is 0 Å². The molecule has 0 aliphatic heterocycles. The summed E-state index contributed by atoms with van der Waals surface area (Å²) in [6.07, 6.45) is 3.44. The fourth-order valence-electron chi connectivity index (χ4n) is 0.908. The zero-order valence-electron chi connectivity index (χ0n) is 9.70. The third-order valence-electron chi connectivity index (χ3n) is 1.81. The number of nitrogens with one attached hydrogen (secondary N) is 1. The molecular weight excluding hydrogens is 192 g/mol. The summed E-state index contributed by atoms with van der Waals surface area (Å²) in [6.45, 7) is 7.31. The predicted octanol–water partition coefficient (Wildman–Crippen LogP) is 1.32. The van der Waals surface area contributed by atoms with Gasteiger partial charge in [-0.15, -0.1) is 0 Å². The standard InChI is InChI=1S/C11H18N2O2/c1-5-9(12-6-2)7-13-11(15)10(14)8(3)4/h5-6,8H,7H2,1-4H3,(H,13,15)/b9-5-,12-6?. The maximum atomic E-state index is 11.3. The average Bonchev–Trinajstić information content (AvgIpc) is 2.22. The number of carbonyl (C=O) groups excluding carboxylic acids is 2. The van der Waals surface area contributed by atoms with Gasteiger partial charge in [-0.1, -0.05) is 19.9 Å². The van der Waals surface area contributed by atoms with Gasteiger partial charge in [-0.2, -0.15) is 0 Å². The fraction of sp³-hybridized carbons (Fsp3) is 0.545. The Kier molecular flexibility index (Phi) is 6.25. The van der Waals surface area contributed by atoms with E-state index in [2.05, 4.69) is 10.3 Å². The first-order valence-corrected chi connectivity index (χ1v) is 4.98. The van der Waals surface area contributed by atoms with Crippen LogP contribution in [0.1, 0.15) is 27.7 Å². The minimum absolute atomic E-state index is 0.270. The lowest BCUT2D eigenvalue weighted by molar-refractivity contribution is -0.139. The number of carbonyl (C=O) groups is 2. The van der Waals surface area contributed by atoms with Gasteiger partial charge in [0.05, 0.1) is 12.2 Å². The average molecular weight is 210 g/mol. The van der Waals surface area contributed by atoms with Crippen LogP contribution in [0.2, 0.25) is 0 Å². The van der Waals surface area contributed by atoms with Crippen LogP contribution in [0, 0.1) is 5.92 Å². The maximum Gasteiger partial charge on any atom is 0.287 e. The third-order valence-corrected chi connectivity index (χ3v) is 1.81. The van der Waals surface area contributed by atoms with E-state index in [0.29, 0.717) is 0 Å². The van der Waals surface area contributed by atoms with Crippen LogP contribution in [0.5, 0.6) is 0 Å². The smallest absolute Gasteiger partial charge is 0.287 e. The molecule has 0 atom stereocenters. The van der Waals surface area contributed by atoms with Gasteiger partial charge in [0.2, 0.25) is 5.78 Å². The summed E-state index contributed by atoms with van der Waals surface area (Å²) < 4.78 is 0. The third kappa shape index (κ3) is 5.10. The molecular formula is C11H18N2O2. The molecule has 0 heterocycles. The quantitative estimate of drug-likeness (QED) is 0.549. The number of rotatable bonds is 5. The molecule has 4 nitrogen and oxygen atoms in total. The highest BCUT2D eigenvalue weighted by Crippen LogP contribution is 1.96. The Morgan fingerprint density at radius 2 is 1.93 bits per heavy atom. The number of hydrogen-bond donors (Lipinski definition) is 1. The summed E-state index contributed by atoms with van der Waals surface area (Å²) in [6, 6.07) is 0. The Morgan fingerprint density at radius 3 is 2.33 bits per heavy atom. The van der Waals surface area contributed by atoms with Crippen LogP contribution < -0.4 is 5.32 Å². The molecule has 84 valence electrons. The number of ketones is 1. The van der Waals surface area contributed by atoms with Crippen LogP contribution in [0.4, 0.5) is 0 Å². The predicted molar refractivity (Wildman–Crippen MR) is 60.8 cm³/mol. The molecule has 0 fully saturated rings. The number of amides is 1. The number of nitrogens with zero attached hydrogens (tertiary/aromatic N) is 1. The monoisotopic (exact) mass is 210 g/mol. The van der Waals surface area contributed by atoms with Gasteiger partial charge in [-0.3, -0.25) is 14.6 Å². The molecule has 0 bridgehead atoms. The fourth-order valence-corrected chi connectivity index (χ4v) is 0.908. The van der Waals surface area contributed by atoms with Gasteiger partial charge in [0.15, 0.2) is 0 Å². The number of aliphatic imine (C=N–C) groups is 1. The topological polar surface area (TPSA) is 58.5 Å². The van der Waals surface area contributed by atoms with Crippen molar-refractivity contribution in [2.24, 2.45) is 10.9 Å². The van der Waals surface area contributed by atoms with E-state index in [1.165, 1.54) is 0 Å². The lowest BCUT2D eigenvalue weighted by atomic mass is 10.1. The van der Waals surface area contributed by atoms with Crippen molar-refractivity contribution in [1.82, 2.24) is 5.32 Å². The Balaban J connectivity index is 4.17. The second-order valence-electron chi connectivity index (χ2n) is 3.37. The van der Waals surface area contributed by atoms with Gasteiger partial charge in [0, 0.05) is 12.1 Å². The number of Topliss-reactive ketones (excluding diaryl/α,β-unsaturated/α-hetero) is 1. The Hall–Kier alpha value is -1.45. The van der Waals surface area contributed by atoms with E-state index in [-0.39, 0.29) is 12.5 Å². The first-order valence-electron chi connectivity index (χ1n) is 4.98. The van der Waals surface area contributed by atoms with Gasteiger partial charge in [-0.05, 0) is 13.8 Å². The first kappa shape index (κ1) is 13.5. The minimum atomic E-state index is -0.546. The van der Waals surface area contributed by atoms with Crippen molar-refractivity contribution < 1.29 is 9.59 Å². The highest BCUT2D eigenvalue weighted by Gasteiger charge is 2.16. The summed E-state index contributed by atoms with van der Waals surface area (Å²) in [5.74, 6) is -1.21. The molecule has 1 N–H and O–H groups in total. The molecule has 0 rings (SSSR count). The van der Waals surface area contributed by atoms with Crippen molar-refractivity contribution in [1.29, 1.82) is 0 Å². The zero-order chi connectivity index (χ0) is 11.8. The molecule has 4 heteroatoms. The summed E-state index contributed by atoms with van der Waals surface area (Å²) in [4.78, 5) is 26.5. The minimum Gasteiger partial charge on any atom is -0.344 e. The van der Waals surface area contributed by atoms with Crippen LogP contribution in [-0.4, -0.2) is 24.4 Å². The van der Waals surface area contributed by atoms with Crippen molar-refractivity contribution in [2.45, 2.75) is 27.7 Å². The lowest BCUT2D eigenvalue weighted by Gasteiger charge is -2.06. The molecule has 0 aliphatic carbocycles. The van der Waals surface area contributed by atoms with Gasteiger partial charge >= 0.3 is 0 Å². The van der Waals surface area contributed by atoms with Crippen LogP contribution >= 0.6 is 0 Å². The van der Waals surface area contributed by atoms with E-state index in [1.54, 1.807) is 33.1 Å². The van der Waals surface area contributed by atoms with Gasteiger partial charge < -0.3 is 5.32 Å². The molecule has 0 saturated heterocycles. The van der Waals surface area contributed by atoms with Crippen LogP contribution in [-0.2, 0) is 9.59 Å². The second-order valence-corrected chi connectivity index (χ2v) is 3.37. The summed E-state index contributed by atoms with van der Waals surface area (Å²) in [5, 5.41) is 2.53. The largest absolute Gasteiger partial charge is 0.344 e. The van der Waals surface area contributed by atoms with Crippen LogP contribution in [0.15, 0.2) is 16.8 Å². The molecule has 1 amide bonds. The Bertz CT molecular complexity index is 291. The van der Waals surface area contributed by atoms with Crippen molar-refractivity contribution in [3.05, 3.63) is 11.8 Å². The number of hydrogen-bond acceptors (Lipinski definition) is 3. The molecule has 0 radical (unpaired) electrons. The molecule has 0 aliphatic rings. The highest BCUT2D eigenvalue weighted by molar-refractivity contribution is 6.36. The van der Waals surface area contributed by atoms with Crippen molar-refractivity contribution >= 4 is 17.9 Å². The summed E-state index contributed by atoms with van der Waals surface area (Å²) >= 11 is 0. The zero-order valence-corrected chi connectivity index (χ0v) is 9.70.